The molecule has 2 aromatic rings. The molecule has 20 heavy (non-hydrogen) atoms. The molecule has 4 nitrogen and oxygen atoms in total. The first kappa shape index (κ1) is 14.8. The van der Waals surface area contributed by atoms with Crippen molar-refractivity contribution in [2.24, 2.45) is 7.05 Å². The summed E-state index contributed by atoms with van der Waals surface area (Å²) in [5.74, 6) is -0.183. The number of nitrogens with one attached hydrogen (secondary N) is 1. The van der Waals surface area contributed by atoms with Gasteiger partial charge in [0.15, 0.2) is 0 Å². The standard InChI is InChI=1S/C15H17BrN2O2/c1-10(9-19)17-15(20)14-8-7-13(18(14)2)11-3-5-12(16)6-4-11/h3-8,10,19H,9H2,1-2H3,(H,17,20). The smallest absolute Gasteiger partial charge is 0.268 e. The van der Waals surface area contributed by atoms with Crippen LogP contribution in [-0.4, -0.2) is 28.2 Å². The molecule has 0 saturated carbocycles. The Labute approximate surface area is 126 Å². The fraction of sp³-hybridized carbons (Fsp3) is 0.267. The van der Waals surface area contributed by atoms with Gasteiger partial charge in [0.25, 0.3) is 5.91 Å². The van der Waals surface area contributed by atoms with Crippen molar-refractivity contribution in [2.45, 2.75) is 13.0 Å². The number of halogens is 1. The third kappa shape index (κ3) is 3.11. The summed E-state index contributed by atoms with van der Waals surface area (Å²) in [4.78, 5) is 12.1. The average molecular weight is 337 g/mol. The minimum atomic E-state index is -0.256. The van der Waals surface area contributed by atoms with Crippen LogP contribution in [0.2, 0.25) is 0 Å². The maximum atomic E-state index is 12.1. The zero-order chi connectivity index (χ0) is 14.7. The molecule has 5 heteroatoms. The van der Waals surface area contributed by atoms with Crippen LogP contribution in [0, 0.1) is 0 Å². The number of aromatic nitrogens is 1. The van der Waals surface area contributed by atoms with E-state index in [-0.39, 0.29) is 18.6 Å². The van der Waals surface area contributed by atoms with Crippen LogP contribution >= 0.6 is 15.9 Å². The number of carbonyl (C=O) groups is 1. The summed E-state index contributed by atoms with van der Waals surface area (Å²) in [5.41, 5.74) is 2.59. The molecule has 1 aromatic carbocycles. The van der Waals surface area contributed by atoms with Crippen molar-refractivity contribution in [3.05, 3.63) is 46.6 Å². The number of hydrogen-bond acceptors (Lipinski definition) is 2. The van der Waals surface area contributed by atoms with Crippen molar-refractivity contribution >= 4 is 21.8 Å². The number of nitrogens with zero attached hydrogens (tertiary/aromatic N) is 1. The van der Waals surface area contributed by atoms with Crippen molar-refractivity contribution in [2.75, 3.05) is 6.61 Å². The van der Waals surface area contributed by atoms with Gasteiger partial charge in [0.1, 0.15) is 5.69 Å². The molecule has 0 aliphatic heterocycles. The molecule has 0 saturated heterocycles. The summed E-state index contributed by atoms with van der Waals surface area (Å²) in [6, 6.07) is 11.4. The van der Waals surface area contributed by atoms with Gasteiger partial charge in [-0.25, -0.2) is 0 Å². The van der Waals surface area contributed by atoms with Crippen molar-refractivity contribution in [1.82, 2.24) is 9.88 Å². The van der Waals surface area contributed by atoms with Crippen LogP contribution in [0.4, 0.5) is 0 Å². The van der Waals surface area contributed by atoms with Gasteiger partial charge in [-0.1, -0.05) is 28.1 Å². The fourth-order valence-corrected chi connectivity index (χ4v) is 2.26. The Morgan fingerprint density at radius 2 is 1.95 bits per heavy atom. The second-order valence-corrected chi connectivity index (χ2v) is 5.64. The highest BCUT2D eigenvalue weighted by Crippen LogP contribution is 2.23. The van der Waals surface area contributed by atoms with Gasteiger partial charge in [-0.05, 0) is 36.8 Å². The van der Waals surface area contributed by atoms with Crippen LogP contribution in [0.25, 0.3) is 11.3 Å². The molecule has 2 N–H and O–H groups in total. The lowest BCUT2D eigenvalue weighted by atomic mass is 10.1. The van der Waals surface area contributed by atoms with E-state index in [0.717, 1.165) is 15.7 Å². The highest BCUT2D eigenvalue weighted by Gasteiger charge is 2.15. The summed E-state index contributed by atoms with van der Waals surface area (Å²) < 4.78 is 2.87. The zero-order valence-electron chi connectivity index (χ0n) is 11.4. The van der Waals surface area contributed by atoms with E-state index in [0.29, 0.717) is 5.69 Å². The van der Waals surface area contributed by atoms with Gasteiger partial charge < -0.3 is 15.0 Å². The van der Waals surface area contributed by atoms with E-state index in [9.17, 15) is 4.79 Å². The molecule has 0 spiro atoms. The first-order chi connectivity index (χ1) is 9.52. The van der Waals surface area contributed by atoms with E-state index in [1.807, 2.05) is 41.9 Å². The Morgan fingerprint density at radius 3 is 2.55 bits per heavy atom. The maximum absolute atomic E-state index is 12.1. The summed E-state index contributed by atoms with van der Waals surface area (Å²) in [6.45, 7) is 1.69. The third-order valence-electron chi connectivity index (χ3n) is 3.15. The van der Waals surface area contributed by atoms with Crippen LogP contribution in [-0.2, 0) is 7.05 Å². The number of aliphatic hydroxyl groups excluding tert-OH is 1. The third-order valence-corrected chi connectivity index (χ3v) is 3.67. The highest BCUT2D eigenvalue weighted by molar-refractivity contribution is 9.10. The molecule has 1 atom stereocenters. The highest BCUT2D eigenvalue weighted by atomic mass is 79.9. The molecule has 0 aliphatic rings. The Morgan fingerprint density at radius 1 is 1.30 bits per heavy atom. The van der Waals surface area contributed by atoms with E-state index in [4.69, 9.17) is 5.11 Å². The summed E-state index contributed by atoms with van der Waals surface area (Å²) in [6.07, 6.45) is 0. The van der Waals surface area contributed by atoms with Gasteiger partial charge in [0, 0.05) is 23.3 Å². The molecule has 1 amide bonds. The van der Waals surface area contributed by atoms with Gasteiger partial charge in [-0.15, -0.1) is 0 Å². The van der Waals surface area contributed by atoms with Gasteiger partial charge >= 0.3 is 0 Å². The van der Waals surface area contributed by atoms with Crippen LogP contribution in [0.1, 0.15) is 17.4 Å². The quantitative estimate of drug-likeness (QED) is 0.901. The predicted molar refractivity (Wildman–Crippen MR) is 82.6 cm³/mol. The summed E-state index contributed by atoms with van der Waals surface area (Å²) in [5, 5.41) is 11.7. The molecular weight excluding hydrogens is 320 g/mol. The maximum Gasteiger partial charge on any atom is 0.268 e. The molecule has 106 valence electrons. The Balaban J connectivity index is 2.27. The van der Waals surface area contributed by atoms with Crippen molar-refractivity contribution < 1.29 is 9.90 Å². The lowest BCUT2D eigenvalue weighted by Crippen LogP contribution is -2.35. The Bertz CT molecular complexity index is 605. The van der Waals surface area contributed by atoms with E-state index in [2.05, 4.69) is 21.2 Å². The lowest BCUT2D eigenvalue weighted by Gasteiger charge is -2.12. The van der Waals surface area contributed by atoms with Crippen LogP contribution in [0.3, 0.4) is 0 Å². The number of amides is 1. The lowest BCUT2D eigenvalue weighted by molar-refractivity contribution is 0.0914. The molecule has 0 fully saturated rings. The number of benzene rings is 1. The molecule has 0 radical (unpaired) electrons. The summed E-state index contributed by atoms with van der Waals surface area (Å²) >= 11 is 3.41. The topological polar surface area (TPSA) is 54.3 Å². The van der Waals surface area contributed by atoms with Crippen molar-refractivity contribution in [1.29, 1.82) is 0 Å². The minimum absolute atomic E-state index is 0.0737. The van der Waals surface area contributed by atoms with Crippen molar-refractivity contribution in [3.63, 3.8) is 0 Å². The second-order valence-electron chi connectivity index (χ2n) is 4.73. The van der Waals surface area contributed by atoms with Crippen molar-refractivity contribution in [3.8, 4) is 11.3 Å². The molecule has 0 aliphatic carbocycles. The van der Waals surface area contributed by atoms with E-state index < -0.39 is 0 Å². The molecule has 1 aromatic heterocycles. The fourth-order valence-electron chi connectivity index (χ4n) is 1.99. The Hall–Kier alpha value is -1.59. The van der Waals surface area contributed by atoms with Gasteiger partial charge in [0.05, 0.1) is 6.61 Å². The number of hydrogen-bond donors (Lipinski definition) is 2. The van der Waals surface area contributed by atoms with E-state index in [1.165, 1.54) is 0 Å². The number of carbonyl (C=O) groups excluding carboxylic acids is 1. The molecule has 0 bridgehead atoms. The first-order valence-corrected chi connectivity index (χ1v) is 7.15. The normalized spacial score (nSPS) is 12.2. The summed E-state index contributed by atoms with van der Waals surface area (Å²) in [7, 11) is 1.86. The average Bonchev–Trinajstić information content (AvgIpc) is 2.81. The van der Waals surface area contributed by atoms with Crippen LogP contribution < -0.4 is 5.32 Å². The van der Waals surface area contributed by atoms with Crippen LogP contribution in [0.5, 0.6) is 0 Å². The number of rotatable bonds is 4. The molecule has 2 rings (SSSR count). The molecular formula is C15H17BrN2O2. The monoisotopic (exact) mass is 336 g/mol. The predicted octanol–water partition coefficient (Wildman–Crippen LogP) is 2.57. The largest absolute Gasteiger partial charge is 0.394 e. The Kier molecular flexibility index (Phi) is 4.62. The van der Waals surface area contributed by atoms with E-state index in [1.54, 1.807) is 13.0 Å². The van der Waals surface area contributed by atoms with Gasteiger partial charge in [0.2, 0.25) is 0 Å². The van der Waals surface area contributed by atoms with E-state index >= 15 is 0 Å². The van der Waals surface area contributed by atoms with Crippen LogP contribution in [0.15, 0.2) is 40.9 Å². The molecule has 1 unspecified atom stereocenters. The zero-order valence-corrected chi connectivity index (χ0v) is 13.0. The SMILES string of the molecule is CC(CO)NC(=O)c1ccc(-c2ccc(Br)cc2)n1C. The molecule has 1 heterocycles. The number of aliphatic hydroxyl groups is 1. The van der Waals surface area contributed by atoms with Gasteiger partial charge in [-0.2, -0.15) is 0 Å². The second kappa shape index (κ2) is 6.24. The van der Waals surface area contributed by atoms with Gasteiger partial charge in [-0.3, -0.25) is 4.79 Å². The first-order valence-electron chi connectivity index (χ1n) is 6.36. The minimum Gasteiger partial charge on any atom is -0.394 e.